The van der Waals surface area contributed by atoms with E-state index in [9.17, 15) is 0 Å². The SMILES string of the molecule is C=C(C)CNCCN(CCNCc1ccccn1)Cc1ccc(CNCCc2c[nH]c3c2C=CCC3(C)C)cc1. The first-order chi connectivity index (χ1) is 19.4. The molecule has 4 N–H and O–H groups in total. The summed E-state index contributed by atoms with van der Waals surface area (Å²) in [4.78, 5) is 10.5. The molecule has 40 heavy (non-hydrogen) atoms. The third kappa shape index (κ3) is 9.27. The number of pyridine rings is 1. The van der Waals surface area contributed by atoms with Gasteiger partial charge in [0.15, 0.2) is 0 Å². The van der Waals surface area contributed by atoms with Crippen LogP contribution >= 0.6 is 0 Å². The Morgan fingerprint density at radius 3 is 2.48 bits per heavy atom. The molecule has 0 unspecified atom stereocenters. The highest BCUT2D eigenvalue weighted by Crippen LogP contribution is 2.35. The first-order valence-corrected chi connectivity index (χ1v) is 14.7. The van der Waals surface area contributed by atoms with Crippen LogP contribution in [0.2, 0.25) is 0 Å². The van der Waals surface area contributed by atoms with Crippen LogP contribution in [0.5, 0.6) is 0 Å². The lowest BCUT2D eigenvalue weighted by atomic mass is 9.79. The van der Waals surface area contributed by atoms with Crippen LogP contribution in [-0.4, -0.2) is 54.1 Å². The quantitative estimate of drug-likeness (QED) is 0.140. The van der Waals surface area contributed by atoms with Crippen molar-refractivity contribution in [2.45, 2.75) is 58.7 Å². The smallest absolute Gasteiger partial charge is 0.0541 e. The molecule has 0 bridgehead atoms. The molecule has 0 aliphatic heterocycles. The number of nitrogens with zero attached hydrogens (tertiary/aromatic N) is 2. The van der Waals surface area contributed by atoms with Crippen LogP contribution in [0.1, 0.15) is 60.8 Å². The second kappa shape index (κ2) is 15.1. The number of nitrogens with one attached hydrogen (secondary N) is 4. The standard InChI is InChI=1S/C34H48N6/c1-27(2)22-36-18-20-40(21-19-37-25-31-8-5-6-16-38-31)26-29-12-10-28(11-13-29)23-35-17-14-30-24-39-33-32(30)9-7-15-34(33,3)4/h5-13,16,24,35-37,39H,1,14-15,17-23,25-26H2,2-4H3. The predicted molar refractivity (Wildman–Crippen MR) is 168 cm³/mol. The van der Waals surface area contributed by atoms with E-state index in [2.05, 4.69) is 107 Å². The van der Waals surface area contributed by atoms with Gasteiger partial charge in [0, 0.05) is 75.9 Å². The maximum Gasteiger partial charge on any atom is 0.0541 e. The summed E-state index contributed by atoms with van der Waals surface area (Å²) < 4.78 is 0. The van der Waals surface area contributed by atoms with Gasteiger partial charge >= 0.3 is 0 Å². The van der Waals surface area contributed by atoms with Crippen molar-refractivity contribution in [3.63, 3.8) is 0 Å². The molecule has 0 fully saturated rings. The van der Waals surface area contributed by atoms with Gasteiger partial charge in [0.25, 0.3) is 0 Å². The Kier molecular flexibility index (Phi) is 11.3. The van der Waals surface area contributed by atoms with Gasteiger partial charge in [-0.1, -0.05) is 68.5 Å². The van der Waals surface area contributed by atoms with Gasteiger partial charge in [-0.3, -0.25) is 9.88 Å². The Labute approximate surface area is 241 Å². The van der Waals surface area contributed by atoms with Crippen molar-refractivity contribution < 1.29 is 0 Å². The van der Waals surface area contributed by atoms with Gasteiger partial charge in [0.05, 0.1) is 5.69 Å². The fraction of sp³-hybridized carbons (Fsp3) is 0.441. The van der Waals surface area contributed by atoms with E-state index in [0.29, 0.717) is 0 Å². The van der Waals surface area contributed by atoms with Gasteiger partial charge in [-0.05, 0) is 60.7 Å². The molecule has 0 atom stereocenters. The number of allylic oxidation sites excluding steroid dienone is 1. The summed E-state index contributed by atoms with van der Waals surface area (Å²) in [6.45, 7) is 19.0. The second-order valence-electron chi connectivity index (χ2n) is 11.7. The molecule has 0 spiro atoms. The van der Waals surface area contributed by atoms with Crippen molar-refractivity contribution >= 4 is 6.08 Å². The van der Waals surface area contributed by atoms with Crippen molar-refractivity contribution in [2.24, 2.45) is 0 Å². The molecule has 4 rings (SSSR count). The molecule has 2 heterocycles. The van der Waals surface area contributed by atoms with Gasteiger partial charge in [-0.15, -0.1) is 0 Å². The molecule has 3 aromatic rings. The molecular formula is C34H48N6. The molecular weight excluding hydrogens is 492 g/mol. The van der Waals surface area contributed by atoms with Gasteiger partial charge in [-0.25, -0.2) is 0 Å². The van der Waals surface area contributed by atoms with Gasteiger partial charge in [0.2, 0.25) is 0 Å². The van der Waals surface area contributed by atoms with Gasteiger partial charge in [-0.2, -0.15) is 0 Å². The summed E-state index contributed by atoms with van der Waals surface area (Å²) in [5, 5.41) is 10.7. The number of fused-ring (bicyclic) bond motifs is 1. The maximum atomic E-state index is 4.41. The fourth-order valence-corrected chi connectivity index (χ4v) is 5.25. The Bertz CT molecular complexity index is 1210. The molecule has 0 saturated heterocycles. The van der Waals surface area contributed by atoms with Gasteiger partial charge < -0.3 is 20.9 Å². The number of hydrogen-bond acceptors (Lipinski definition) is 5. The Morgan fingerprint density at radius 2 is 1.73 bits per heavy atom. The zero-order valence-corrected chi connectivity index (χ0v) is 24.7. The number of aromatic amines is 1. The number of benzene rings is 1. The highest BCUT2D eigenvalue weighted by atomic mass is 15.1. The normalized spacial score (nSPS) is 14.0. The number of hydrogen-bond donors (Lipinski definition) is 4. The molecule has 2 aromatic heterocycles. The van der Waals surface area contributed by atoms with Crippen molar-refractivity contribution in [1.29, 1.82) is 0 Å². The summed E-state index contributed by atoms with van der Waals surface area (Å²) >= 11 is 0. The summed E-state index contributed by atoms with van der Waals surface area (Å²) in [7, 11) is 0. The molecule has 0 radical (unpaired) electrons. The minimum atomic E-state index is 0.199. The average molecular weight is 541 g/mol. The molecule has 6 heteroatoms. The van der Waals surface area contributed by atoms with E-state index < -0.39 is 0 Å². The predicted octanol–water partition coefficient (Wildman–Crippen LogP) is 5.19. The molecule has 214 valence electrons. The second-order valence-corrected chi connectivity index (χ2v) is 11.7. The van der Waals surface area contributed by atoms with Crippen LogP contribution in [0.3, 0.4) is 0 Å². The monoisotopic (exact) mass is 540 g/mol. The highest BCUT2D eigenvalue weighted by molar-refractivity contribution is 5.61. The lowest BCUT2D eigenvalue weighted by molar-refractivity contribution is 0.265. The van der Waals surface area contributed by atoms with Crippen molar-refractivity contribution in [3.05, 3.63) is 107 Å². The molecule has 1 aliphatic rings. The van der Waals surface area contributed by atoms with Crippen LogP contribution in [0.15, 0.2) is 73.1 Å². The minimum absolute atomic E-state index is 0.199. The third-order valence-corrected chi connectivity index (χ3v) is 7.59. The summed E-state index contributed by atoms with van der Waals surface area (Å²) in [5.41, 5.74) is 9.31. The fourth-order valence-electron chi connectivity index (χ4n) is 5.25. The first kappa shape index (κ1) is 29.9. The first-order valence-electron chi connectivity index (χ1n) is 14.7. The van der Waals surface area contributed by atoms with Crippen LogP contribution in [-0.2, 0) is 31.5 Å². The zero-order chi connectivity index (χ0) is 28.2. The maximum absolute atomic E-state index is 4.41. The van der Waals surface area contributed by atoms with Crippen molar-refractivity contribution in [3.8, 4) is 0 Å². The molecule has 6 nitrogen and oxygen atoms in total. The number of aromatic nitrogens is 2. The molecule has 1 aliphatic carbocycles. The van der Waals surface area contributed by atoms with E-state index in [0.717, 1.165) is 77.4 Å². The lowest BCUT2D eigenvalue weighted by Crippen LogP contribution is -2.36. The molecule has 0 saturated carbocycles. The zero-order valence-electron chi connectivity index (χ0n) is 24.7. The van der Waals surface area contributed by atoms with E-state index in [1.807, 2.05) is 18.3 Å². The van der Waals surface area contributed by atoms with Crippen molar-refractivity contribution in [1.82, 2.24) is 30.8 Å². The van der Waals surface area contributed by atoms with Crippen LogP contribution in [0.4, 0.5) is 0 Å². The summed E-state index contributed by atoms with van der Waals surface area (Å²) in [6.07, 6.45) is 10.8. The Balaban J connectivity index is 1.21. The largest absolute Gasteiger partial charge is 0.364 e. The number of rotatable bonds is 17. The summed E-state index contributed by atoms with van der Waals surface area (Å²) in [6, 6.07) is 15.1. The van der Waals surface area contributed by atoms with Crippen LogP contribution < -0.4 is 16.0 Å². The minimum Gasteiger partial charge on any atom is -0.364 e. The summed E-state index contributed by atoms with van der Waals surface area (Å²) in [5.74, 6) is 0. The van der Waals surface area contributed by atoms with E-state index in [4.69, 9.17) is 0 Å². The third-order valence-electron chi connectivity index (χ3n) is 7.59. The van der Waals surface area contributed by atoms with E-state index in [1.165, 1.54) is 33.5 Å². The van der Waals surface area contributed by atoms with Crippen LogP contribution in [0.25, 0.3) is 6.08 Å². The van der Waals surface area contributed by atoms with E-state index in [-0.39, 0.29) is 5.41 Å². The number of H-pyrrole nitrogens is 1. The van der Waals surface area contributed by atoms with E-state index in [1.54, 1.807) is 0 Å². The van der Waals surface area contributed by atoms with Crippen LogP contribution in [0, 0.1) is 0 Å². The molecule has 0 amide bonds. The Hall–Kier alpha value is -3.03. The lowest BCUT2D eigenvalue weighted by Gasteiger charge is -2.26. The highest BCUT2D eigenvalue weighted by Gasteiger charge is 2.27. The van der Waals surface area contributed by atoms with Crippen molar-refractivity contribution in [2.75, 3.05) is 39.3 Å². The topological polar surface area (TPSA) is 68.0 Å². The van der Waals surface area contributed by atoms with Gasteiger partial charge in [0.1, 0.15) is 0 Å². The van der Waals surface area contributed by atoms with E-state index >= 15 is 0 Å². The average Bonchev–Trinajstić information content (AvgIpc) is 3.37. The Morgan fingerprint density at radius 1 is 0.975 bits per heavy atom. The molecule has 1 aromatic carbocycles.